The summed E-state index contributed by atoms with van der Waals surface area (Å²) >= 11 is 0. The predicted octanol–water partition coefficient (Wildman–Crippen LogP) is 1.31. The highest BCUT2D eigenvalue weighted by atomic mass is 16.5. The van der Waals surface area contributed by atoms with E-state index >= 15 is 0 Å². The van der Waals surface area contributed by atoms with Gasteiger partial charge in [-0.3, -0.25) is 4.79 Å². The van der Waals surface area contributed by atoms with Crippen molar-refractivity contribution in [2.45, 2.75) is 31.6 Å². The topological polar surface area (TPSA) is 67.6 Å². The van der Waals surface area contributed by atoms with Crippen molar-refractivity contribution in [3.8, 4) is 5.75 Å². The Bertz CT molecular complexity index is 615. The average Bonchev–Trinajstić information content (AvgIpc) is 3.19. The summed E-state index contributed by atoms with van der Waals surface area (Å²) in [5.41, 5.74) is 0. The molecular formula is C17H21N3O3. The van der Waals surface area contributed by atoms with Gasteiger partial charge in [-0.2, -0.15) is 0 Å². The first-order valence-corrected chi connectivity index (χ1v) is 7.85. The molecule has 1 aromatic carbocycles. The van der Waals surface area contributed by atoms with Crippen LogP contribution in [0.3, 0.4) is 0 Å². The molecule has 1 aliphatic rings. The summed E-state index contributed by atoms with van der Waals surface area (Å²) in [5.74, 6) is 0.772. The Morgan fingerprint density at radius 3 is 2.87 bits per heavy atom. The molecule has 1 saturated heterocycles. The fourth-order valence-corrected chi connectivity index (χ4v) is 2.74. The predicted molar refractivity (Wildman–Crippen MR) is 84.9 cm³/mol. The van der Waals surface area contributed by atoms with E-state index in [4.69, 9.17) is 4.74 Å². The largest absolute Gasteiger partial charge is 0.486 e. The van der Waals surface area contributed by atoms with Gasteiger partial charge in [0.25, 0.3) is 0 Å². The number of para-hydroxylation sites is 1. The molecule has 1 fully saturated rings. The summed E-state index contributed by atoms with van der Waals surface area (Å²) in [6.07, 6.45) is 5.56. The molecule has 0 aliphatic carbocycles. The second-order valence-corrected chi connectivity index (χ2v) is 5.74. The van der Waals surface area contributed by atoms with E-state index in [1.807, 2.05) is 41.1 Å². The Morgan fingerprint density at radius 1 is 1.30 bits per heavy atom. The SMILES string of the molecule is O=C(CCCn1ccnc1)N1C[C@@H](O)[C@H](Oc2ccccc2)C1. The van der Waals surface area contributed by atoms with Crippen LogP contribution < -0.4 is 4.74 Å². The molecule has 0 spiro atoms. The monoisotopic (exact) mass is 315 g/mol. The van der Waals surface area contributed by atoms with Crippen molar-refractivity contribution in [2.24, 2.45) is 0 Å². The number of nitrogens with zero attached hydrogens (tertiary/aromatic N) is 3. The molecule has 2 aromatic rings. The lowest BCUT2D eigenvalue weighted by Crippen LogP contribution is -2.31. The van der Waals surface area contributed by atoms with Gasteiger partial charge in [-0.15, -0.1) is 0 Å². The van der Waals surface area contributed by atoms with E-state index in [1.54, 1.807) is 17.4 Å². The number of benzene rings is 1. The van der Waals surface area contributed by atoms with Crippen molar-refractivity contribution in [2.75, 3.05) is 13.1 Å². The van der Waals surface area contributed by atoms with Crippen LogP contribution in [0.15, 0.2) is 49.1 Å². The van der Waals surface area contributed by atoms with E-state index in [2.05, 4.69) is 4.98 Å². The van der Waals surface area contributed by atoms with Gasteiger partial charge in [0.2, 0.25) is 5.91 Å². The summed E-state index contributed by atoms with van der Waals surface area (Å²) < 4.78 is 7.73. The van der Waals surface area contributed by atoms with Crippen molar-refractivity contribution in [1.29, 1.82) is 0 Å². The normalized spacial score (nSPS) is 20.7. The first kappa shape index (κ1) is 15.6. The molecule has 1 amide bonds. The third kappa shape index (κ3) is 4.10. The third-order valence-electron chi connectivity index (χ3n) is 3.99. The maximum atomic E-state index is 12.3. The molecule has 0 unspecified atom stereocenters. The van der Waals surface area contributed by atoms with Crippen molar-refractivity contribution in [3.05, 3.63) is 49.1 Å². The molecule has 1 N–H and O–H groups in total. The van der Waals surface area contributed by atoms with Crippen LogP contribution in [0.4, 0.5) is 0 Å². The smallest absolute Gasteiger partial charge is 0.222 e. The van der Waals surface area contributed by atoms with E-state index in [-0.39, 0.29) is 12.0 Å². The number of aliphatic hydroxyl groups is 1. The van der Waals surface area contributed by atoms with Crippen LogP contribution in [0, 0.1) is 0 Å². The molecule has 1 aliphatic heterocycles. The van der Waals surface area contributed by atoms with E-state index in [0.29, 0.717) is 25.3 Å². The summed E-state index contributed by atoms with van der Waals surface area (Å²) in [6, 6.07) is 9.38. The average molecular weight is 315 g/mol. The Morgan fingerprint density at radius 2 is 2.13 bits per heavy atom. The van der Waals surface area contributed by atoms with Crippen molar-refractivity contribution in [1.82, 2.24) is 14.5 Å². The minimum Gasteiger partial charge on any atom is -0.486 e. The van der Waals surface area contributed by atoms with Crippen molar-refractivity contribution >= 4 is 5.91 Å². The van der Waals surface area contributed by atoms with Crippen LogP contribution in [0.5, 0.6) is 5.75 Å². The number of hydrogen-bond acceptors (Lipinski definition) is 4. The van der Waals surface area contributed by atoms with Gasteiger partial charge in [0, 0.05) is 25.4 Å². The number of aromatic nitrogens is 2. The summed E-state index contributed by atoms with van der Waals surface area (Å²) in [5, 5.41) is 10.1. The van der Waals surface area contributed by atoms with Gasteiger partial charge in [-0.05, 0) is 18.6 Å². The maximum absolute atomic E-state index is 12.3. The van der Waals surface area contributed by atoms with Crippen molar-refractivity contribution < 1.29 is 14.6 Å². The highest BCUT2D eigenvalue weighted by Gasteiger charge is 2.35. The minimum atomic E-state index is -0.646. The summed E-state index contributed by atoms with van der Waals surface area (Å²) in [7, 11) is 0. The Labute approximate surface area is 135 Å². The molecule has 6 nitrogen and oxygen atoms in total. The molecule has 0 bridgehead atoms. The molecule has 3 rings (SSSR count). The number of rotatable bonds is 6. The van der Waals surface area contributed by atoms with E-state index < -0.39 is 6.10 Å². The maximum Gasteiger partial charge on any atom is 0.222 e. The first-order chi connectivity index (χ1) is 11.2. The zero-order valence-corrected chi connectivity index (χ0v) is 12.9. The molecule has 23 heavy (non-hydrogen) atoms. The molecule has 0 saturated carbocycles. The first-order valence-electron chi connectivity index (χ1n) is 7.85. The lowest BCUT2D eigenvalue weighted by Gasteiger charge is -2.17. The standard InChI is InChI=1S/C17H21N3O3/c21-15-11-20(12-16(15)23-14-5-2-1-3-6-14)17(22)7-4-9-19-10-8-18-13-19/h1-3,5-6,8,10,13,15-16,21H,4,7,9,11-12H2/t15-,16-/m1/s1. The van der Waals surface area contributed by atoms with Crippen LogP contribution in [0.1, 0.15) is 12.8 Å². The number of aryl methyl sites for hydroxylation is 1. The van der Waals surface area contributed by atoms with Crippen LogP contribution in [-0.2, 0) is 11.3 Å². The Hall–Kier alpha value is -2.34. The molecule has 122 valence electrons. The van der Waals surface area contributed by atoms with Gasteiger partial charge in [0.15, 0.2) is 0 Å². The molecule has 2 atom stereocenters. The molecule has 0 radical (unpaired) electrons. The highest BCUT2D eigenvalue weighted by Crippen LogP contribution is 2.19. The number of carbonyl (C=O) groups excluding carboxylic acids is 1. The number of aliphatic hydroxyl groups excluding tert-OH is 1. The van der Waals surface area contributed by atoms with Gasteiger partial charge in [0.05, 0.1) is 19.4 Å². The fraction of sp³-hybridized carbons (Fsp3) is 0.412. The van der Waals surface area contributed by atoms with Gasteiger partial charge in [-0.25, -0.2) is 4.98 Å². The fourth-order valence-electron chi connectivity index (χ4n) is 2.74. The number of ether oxygens (including phenoxy) is 1. The Balaban J connectivity index is 1.46. The number of carbonyl (C=O) groups is 1. The molecule has 1 aromatic heterocycles. The quantitative estimate of drug-likeness (QED) is 0.873. The lowest BCUT2D eigenvalue weighted by atomic mass is 10.2. The third-order valence-corrected chi connectivity index (χ3v) is 3.99. The molecule has 2 heterocycles. The summed E-state index contributed by atoms with van der Waals surface area (Å²) in [4.78, 5) is 17.9. The molecule has 6 heteroatoms. The number of amides is 1. The second kappa shape index (κ2) is 7.28. The van der Waals surface area contributed by atoms with Gasteiger partial charge in [0.1, 0.15) is 18.0 Å². The van der Waals surface area contributed by atoms with Gasteiger partial charge < -0.3 is 19.3 Å². The number of likely N-dealkylation sites (tertiary alicyclic amines) is 1. The van der Waals surface area contributed by atoms with E-state index in [9.17, 15) is 9.90 Å². The number of hydrogen-bond donors (Lipinski definition) is 1. The number of β-amino-alcohol motifs (C(OH)–C–C–N with tert-alkyl or cyclic N) is 1. The highest BCUT2D eigenvalue weighted by molar-refractivity contribution is 5.76. The van der Waals surface area contributed by atoms with E-state index in [1.165, 1.54) is 0 Å². The Kier molecular flexibility index (Phi) is 4.92. The van der Waals surface area contributed by atoms with Gasteiger partial charge in [-0.1, -0.05) is 18.2 Å². The lowest BCUT2D eigenvalue weighted by molar-refractivity contribution is -0.130. The zero-order chi connectivity index (χ0) is 16.1. The number of imidazole rings is 1. The molecular weight excluding hydrogens is 294 g/mol. The van der Waals surface area contributed by atoms with E-state index in [0.717, 1.165) is 13.0 Å². The van der Waals surface area contributed by atoms with Crippen LogP contribution in [0.25, 0.3) is 0 Å². The van der Waals surface area contributed by atoms with Crippen LogP contribution in [0.2, 0.25) is 0 Å². The minimum absolute atomic E-state index is 0.0586. The zero-order valence-electron chi connectivity index (χ0n) is 12.9. The summed E-state index contributed by atoms with van der Waals surface area (Å²) in [6.45, 7) is 1.54. The van der Waals surface area contributed by atoms with Gasteiger partial charge >= 0.3 is 0 Å². The van der Waals surface area contributed by atoms with Crippen LogP contribution in [-0.4, -0.2) is 50.8 Å². The second-order valence-electron chi connectivity index (χ2n) is 5.74. The van der Waals surface area contributed by atoms with Crippen molar-refractivity contribution in [3.63, 3.8) is 0 Å². The van der Waals surface area contributed by atoms with Crippen LogP contribution >= 0.6 is 0 Å².